The normalized spacial score (nSPS) is 13.1. The predicted molar refractivity (Wildman–Crippen MR) is 142 cm³/mol. The number of anilines is 1. The smallest absolute Gasteiger partial charge is 0.254 e. The number of benzene rings is 2. The minimum atomic E-state index is -0.125. The zero-order valence-electron chi connectivity index (χ0n) is 21.4. The number of hydrogen-bond acceptors (Lipinski definition) is 7. The lowest BCUT2D eigenvalue weighted by molar-refractivity contribution is 0.0717. The Kier molecular flexibility index (Phi) is 7.16. The number of aromatic nitrogens is 1. The molecular weight excluding hydrogens is 470 g/mol. The molecule has 1 amide bonds. The molecule has 192 valence electrons. The fourth-order valence-electron chi connectivity index (χ4n) is 4.84. The van der Waals surface area contributed by atoms with Crippen molar-refractivity contribution in [3.05, 3.63) is 77.7 Å². The summed E-state index contributed by atoms with van der Waals surface area (Å²) >= 11 is 0. The minimum Gasteiger partial charge on any atom is -0.497 e. The first-order valence-electron chi connectivity index (χ1n) is 12.4. The van der Waals surface area contributed by atoms with E-state index in [9.17, 15) is 4.79 Å². The highest BCUT2D eigenvalue weighted by Gasteiger charge is 2.25. The zero-order chi connectivity index (χ0) is 25.8. The Morgan fingerprint density at radius 3 is 2.43 bits per heavy atom. The van der Waals surface area contributed by atoms with Crippen molar-refractivity contribution in [3.63, 3.8) is 0 Å². The fourth-order valence-corrected chi connectivity index (χ4v) is 4.84. The second-order valence-electron chi connectivity index (χ2n) is 9.00. The molecule has 37 heavy (non-hydrogen) atoms. The van der Waals surface area contributed by atoms with Gasteiger partial charge in [-0.05, 0) is 61.4 Å². The third kappa shape index (κ3) is 5.05. The van der Waals surface area contributed by atoms with Gasteiger partial charge in [0, 0.05) is 29.6 Å². The second-order valence-corrected chi connectivity index (χ2v) is 9.00. The van der Waals surface area contributed by atoms with Crippen LogP contribution in [0.15, 0.2) is 65.3 Å². The van der Waals surface area contributed by atoms with Crippen LogP contribution in [0.3, 0.4) is 0 Å². The van der Waals surface area contributed by atoms with E-state index in [0.717, 1.165) is 48.2 Å². The van der Waals surface area contributed by atoms with E-state index in [1.807, 2.05) is 36.4 Å². The van der Waals surface area contributed by atoms with Crippen LogP contribution in [0.1, 0.15) is 34.5 Å². The highest BCUT2D eigenvalue weighted by atomic mass is 16.5. The standard InChI is InChI=1S/C29H31N3O5/c1-34-22-9-6-8-20(16-22)29(33)32(19-23-10-7-15-37-23)18-21-17-24-25(35-2)11-12-26(36-3)27(24)30-28(21)31-13-4-5-14-31/h6-12,15-17H,4-5,13-14,18-19H2,1-3H3. The van der Waals surface area contributed by atoms with Crippen LogP contribution >= 0.6 is 0 Å². The summed E-state index contributed by atoms with van der Waals surface area (Å²) in [6, 6.07) is 16.7. The molecule has 1 fully saturated rings. The highest BCUT2D eigenvalue weighted by molar-refractivity contribution is 5.95. The van der Waals surface area contributed by atoms with Crippen molar-refractivity contribution in [1.82, 2.24) is 9.88 Å². The summed E-state index contributed by atoms with van der Waals surface area (Å²) in [5.74, 6) is 3.45. The van der Waals surface area contributed by atoms with Gasteiger partial charge in [-0.2, -0.15) is 0 Å². The average molecular weight is 502 g/mol. The molecule has 0 atom stereocenters. The van der Waals surface area contributed by atoms with Crippen molar-refractivity contribution in [2.24, 2.45) is 0 Å². The molecule has 8 heteroatoms. The van der Waals surface area contributed by atoms with Gasteiger partial charge in [0.15, 0.2) is 0 Å². The SMILES string of the molecule is COc1cccc(C(=O)N(Cc2ccco2)Cc2cc3c(OC)ccc(OC)c3nc2N2CCCC2)c1. The van der Waals surface area contributed by atoms with Crippen LogP contribution in [0.4, 0.5) is 5.82 Å². The fraction of sp³-hybridized carbons (Fsp3) is 0.310. The van der Waals surface area contributed by atoms with Gasteiger partial charge in [-0.15, -0.1) is 0 Å². The Bertz CT molecular complexity index is 1380. The summed E-state index contributed by atoms with van der Waals surface area (Å²) in [4.78, 5) is 23.0. The Labute approximate surface area is 216 Å². The number of amides is 1. The molecule has 0 unspecified atom stereocenters. The summed E-state index contributed by atoms with van der Waals surface area (Å²) in [5.41, 5.74) is 2.22. The average Bonchev–Trinajstić information content (AvgIpc) is 3.66. The van der Waals surface area contributed by atoms with Crippen LogP contribution in [0, 0.1) is 0 Å². The molecule has 0 spiro atoms. The van der Waals surface area contributed by atoms with E-state index in [-0.39, 0.29) is 5.91 Å². The Hall–Kier alpha value is -4.20. The molecule has 0 bridgehead atoms. The lowest BCUT2D eigenvalue weighted by Crippen LogP contribution is -2.31. The number of pyridine rings is 1. The van der Waals surface area contributed by atoms with Gasteiger partial charge >= 0.3 is 0 Å². The maximum Gasteiger partial charge on any atom is 0.254 e. The van der Waals surface area contributed by atoms with Crippen LogP contribution < -0.4 is 19.1 Å². The topological polar surface area (TPSA) is 77.3 Å². The van der Waals surface area contributed by atoms with Crippen LogP contribution in [0.5, 0.6) is 17.2 Å². The van der Waals surface area contributed by atoms with Crippen LogP contribution in [0.25, 0.3) is 10.9 Å². The van der Waals surface area contributed by atoms with Crippen LogP contribution in [-0.4, -0.2) is 50.2 Å². The number of ether oxygens (including phenoxy) is 3. The molecule has 5 rings (SSSR count). The molecule has 2 aromatic heterocycles. The third-order valence-corrected chi connectivity index (χ3v) is 6.70. The Morgan fingerprint density at radius 2 is 1.73 bits per heavy atom. The number of carbonyl (C=O) groups is 1. The van der Waals surface area contributed by atoms with Crippen molar-refractivity contribution in [1.29, 1.82) is 0 Å². The van der Waals surface area contributed by atoms with Crippen molar-refractivity contribution >= 4 is 22.6 Å². The van der Waals surface area contributed by atoms with Gasteiger partial charge in [0.25, 0.3) is 5.91 Å². The largest absolute Gasteiger partial charge is 0.497 e. The quantitative estimate of drug-likeness (QED) is 0.308. The molecule has 8 nitrogen and oxygen atoms in total. The number of carbonyl (C=O) groups excluding carboxylic acids is 1. The highest BCUT2D eigenvalue weighted by Crippen LogP contribution is 2.37. The van der Waals surface area contributed by atoms with E-state index < -0.39 is 0 Å². The van der Waals surface area contributed by atoms with Gasteiger partial charge in [-0.3, -0.25) is 4.79 Å². The number of methoxy groups -OCH3 is 3. The number of furan rings is 1. The molecule has 3 heterocycles. The van der Waals surface area contributed by atoms with Gasteiger partial charge in [-0.1, -0.05) is 6.07 Å². The molecular formula is C29H31N3O5. The summed E-state index contributed by atoms with van der Waals surface area (Å²) in [5, 5.41) is 0.839. The molecule has 0 radical (unpaired) electrons. The van der Waals surface area contributed by atoms with Crippen LogP contribution in [0.2, 0.25) is 0 Å². The van der Waals surface area contributed by atoms with E-state index >= 15 is 0 Å². The molecule has 2 aromatic carbocycles. The van der Waals surface area contributed by atoms with Gasteiger partial charge < -0.3 is 28.4 Å². The third-order valence-electron chi connectivity index (χ3n) is 6.70. The lowest BCUT2D eigenvalue weighted by Gasteiger charge is -2.27. The summed E-state index contributed by atoms with van der Waals surface area (Å²) in [6.45, 7) is 2.49. The van der Waals surface area contributed by atoms with Crippen molar-refractivity contribution in [2.45, 2.75) is 25.9 Å². The first-order valence-corrected chi connectivity index (χ1v) is 12.4. The maximum absolute atomic E-state index is 13.8. The predicted octanol–water partition coefficient (Wildman–Crippen LogP) is 5.30. The zero-order valence-corrected chi connectivity index (χ0v) is 21.4. The first-order chi connectivity index (χ1) is 18.1. The Morgan fingerprint density at radius 1 is 0.946 bits per heavy atom. The first kappa shape index (κ1) is 24.5. The van der Waals surface area contributed by atoms with Crippen LogP contribution in [-0.2, 0) is 13.1 Å². The van der Waals surface area contributed by atoms with Crippen molar-refractivity contribution in [2.75, 3.05) is 39.3 Å². The molecule has 0 aliphatic carbocycles. The van der Waals surface area contributed by atoms with Gasteiger partial charge in [0.1, 0.15) is 34.3 Å². The second kappa shape index (κ2) is 10.8. The molecule has 4 aromatic rings. The van der Waals surface area contributed by atoms with Crippen molar-refractivity contribution in [3.8, 4) is 17.2 Å². The van der Waals surface area contributed by atoms with E-state index in [4.69, 9.17) is 23.6 Å². The van der Waals surface area contributed by atoms with E-state index in [2.05, 4.69) is 11.0 Å². The number of nitrogens with zero attached hydrogens (tertiary/aromatic N) is 3. The lowest BCUT2D eigenvalue weighted by atomic mass is 10.1. The molecule has 0 N–H and O–H groups in total. The molecule has 1 aliphatic heterocycles. The molecule has 1 aliphatic rings. The maximum atomic E-state index is 13.8. The van der Waals surface area contributed by atoms with E-state index in [0.29, 0.717) is 41.7 Å². The summed E-state index contributed by atoms with van der Waals surface area (Å²) in [7, 11) is 4.88. The minimum absolute atomic E-state index is 0.125. The van der Waals surface area contributed by atoms with Gasteiger partial charge in [0.05, 0.1) is 40.7 Å². The molecule has 1 saturated heterocycles. The summed E-state index contributed by atoms with van der Waals surface area (Å²) in [6.07, 6.45) is 3.83. The van der Waals surface area contributed by atoms with E-state index in [1.165, 1.54) is 0 Å². The summed E-state index contributed by atoms with van der Waals surface area (Å²) < 4.78 is 22.3. The number of rotatable bonds is 9. The number of fused-ring (bicyclic) bond motifs is 1. The number of hydrogen-bond donors (Lipinski definition) is 0. The Balaban J connectivity index is 1.61. The molecule has 0 saturated carbocycles. The van der Waals surface area contributed by atoms with E-state index in [1.54, 1.807) is 44.6 Å². The van der Waals surface area contributed by atoms with Gasteiger partial charge in [-0.25, -0.2) is 4.98 Å². The monoisotopic (exact) mass is 501 g/mol. The van der Waals surface area contributed by atoms with Gasteiger partial charge in [0.2, 0.25) is 0 Å². The van der Waals surface area contributed by atoms with Crippen molar-refractivity contribution < 1.29 is 23.4 Å².